The molecule has 48 heavy (non-hydrogen) atoms. The minimum atomic E-state index is 0.133. The summed E-state index contributed by atoms with van der Waals surface area (Å²) in [7, 11) is 0. The number of nitriles is 2. The Bertz CT molecular complexity index is 2850. The SMILES string of the molecule is N#Cc1cc2c3cc4c(cc3c3cc5c6ccccc6n(-c6ccccc6)c5cc3c2nc1C#N)c1ccccc1n4-c1ccccc1. The Hall–Kier alpha value is -6.95. The number of para-hydroxylation sites is 4. The molecule has 0 amide bonds. The number of pyridine rings is 1. The molecule has 0 atom stereocenters. The van der Waals surface area contributed by atoms with Crippen LogP contribution in [-0.2, 0) is 0 Å². The van der Waals surface area contributed by atoms with Crippen LogP contribution in [0.5, 0.6) is 0 Å². The van der Waals surface area contributed by atoms with Gasteiger partial charge in [0.25, 0.3) is 0 Å². The van der Waals surface area contributed by atoms with Gasteiger partial charge in [-0.1, -0.05) is 72.8 Å². The van der Waals surface area contributed by atoms with Gasteiger partial charge in [0, 0.05) is 43.7 Å². The second-order valence-corrected chi connectivity index (χ2v) is 12.2. The molecule has 5 nitrogen and oxygen atoms in total. The topological polar surface area (TPSA) is 70.3 Å². The molecule has 5 heteroatoms. The Balaban J connectivity index is 1.46. The van der Waals surface area contributed by atoms with E-state index in [-0.39, 0.29) is 11.3 Å². The van der Waals surface area contributed by atoms with E-state index < -0.39 is 0 Å². The standard InChI is InChI=1S/C43H23N5/c44-24-26-19-36-33-22-41-34(29-15-7-9-17-39(29)47(41)27-11-3-1-4-12-27)20-31(33)32-21-35-30-16-8-10-18-40(30)48(28-13-5-2-6-14-28)42(35)23-37(32)43(36)46-38(26)25-45/h1-23H. The Morgan fingerprint density at radius 3 is 1.40 bits per heavy atom. The molecule has 0 bridgehead atoms. The van der Waals surface area contributed by atoms with Gasteiger partial charge in [0.1, 0.15) is 12.1 Å². The maximum absolute atomic E-state index is 10.1. The van der Waals surface area contributed by atoms with Crippen molar-refractivity contribution in [1.82, 2.24) is 14.1 Å². The summed E-state index contributed by atoms with van der Waals surface area (Å²) in [6.07, 6.45) is 0. The Labute approximate surface area is 274 Å². The van der Waals surface area contributed by atoms with Crippen LogP contribution in [0.15, 0.2) is 140 Å². The number of rotatable bonds is 2. The zero-order valence-electron chi connectivity index (χ0n) is 25.5. The van der Waals surface area contributed by atoms with Crippen molar-refractivity contribution < 1.29 is 0 Å². The van der Waals surface area contributed by atoms with Gasteiger partial charge < -0.3 is 9.13 Å². The molecule has 7 aromatic carbocycles. The molecule has 0 aliphatic carbocycles. The van der Waals surface area contributed by atoms with E-state index >= 15 is 0 Å². The summed E-state index contributed by atoms with van der Waals surface area (Å²) < 4.78 is 4.60. The molecule has 0 unspecified atom stereocenters. The van der Waals surface area contributed by atoms with Crippen LogP contribution in [-0.4, -0.2) is 14.1 Å². The molecule has 0 aliphatic heterocycles. The van der Waals surface area contributed by atoms with E-state index in [0.29, 0.717) is 5.52 Å². The van der Waals surface area contributed by atoms with Gasteiger partial charge in [0.15, 0.2) is 5.69 Å². The molecule has 3 aromatic heterocycles. The number of benzene rings is 7. The third kappa shape index (κ3) is 3.50. The number of hydrogen-bond donors (Lipinski definition) is 0. The molecule has 220 valence electrons. The number of nitrogens with zero attached hydrogens (tertiary/aromatic N) is 5. The van der Waals surface area contributed by atoms with Crippen LogP contribution < -0.4 is 0 Å². The highest BCUT2D eigenvalue weighted by Crippen LogP contribution is 2.43. The molecule has 0 N–H and O–H groups in total. The van der Waals surface area contributed by atoms with Crippen LogP contribution in [0.3, 0.4) is 0 Å². The summed E-state index contributed by atoms with van der Waals surface area (Å²) in [6, 6.07) is 53.2. The predicted octanol–water partition coefficient (Wildman–Crippen LogP) is 10.5. The van der Waals surface area contributed by atoms with Crippen LogP contribution in [0.25, 0.3) is 87.4 Å². The minimum Gasteiger partial charge on any atom is -0.309 e. The first-order chi connectivity index (χ1) is 23.7. The monoisotopic (exact) mass is 609 g/mol. The summed E-state index contributed by atoms with van der Waals surface area (Å²) in [5.74, 6) is 0. The molecule has 0 saturated carbocycles. The maximum Gasteiger partial charge on any atom is 0.158 e. The van der Waals surface area contributed by atoms with Crippen molar-refractivity contribution in [2.75, 3.05) is 0 Å². The molecular formula is C43H23N5. The first-order valence-electron chi connectivity index (χ1n) is 15.8. The number of aromatic nitrogens is 3. The predicted molar refractivity (Wildman–Crippen MR) is 195 cm³/mol. The first kappa shape index (κ1) is 26.3. The summed E-state index contributed by atoms with van der Waals surface area (Å²) in [6.45, 7) is 0. The fourth-order valence-corrected chi connectivity index (χ4v) is 7.70. The van der Waals surface area contributed by atoms with Crippen molar-refractivity contribution in [1.29, 1.82) is 10.5 Å². The highest BCUT2D eigenvalue weighted by molar-refractivity contribution is 6.30. The second-order valence-electron chi connectivity index (χ2n) is 12.2. The van der Waals surface area contributed by atoms with Gasteiger partial charge in [-0.15, -0.1) is 0 Å². The molecule has 10 aromatic rings. The average Bonchev–Trinajstić information content (AvgIpc) is 3.65. The van der Waals surface area contributed by atoms with E-state index in [1.165, 1.54) is 10.8 Å². The van der Waals surface area contributed by atoms with Crippen LogP contribution in [0.4, 0.5) is 0 Å². The Morgan fingerprint density at radius 2 is 0.854 bits per heavy atom. The molecule has 0 radical (unpaired) electrons. The average molecular weight is 610 g/mol. The van der Waals surface area contributed by atoms with Gasteiger partial charge in [-0.2, -0.15) is 10.5 Å². The van der Waals surface area contributed by atoms with E-state index in [1.54, 1.807) is 0 Å². The van der Waals surface area contributed by atoms with Crippen molar-refractivity contribution in [3.8, 4) is 23.5 Å². The zero-order chi connectivity index (χ0) is 31.9. The van der Waals surface area contributed by atoms with Gasteiger partial charge in [-0.05, 0) is 82.9 Å². The van der Waals surface area contributed by atoms with Crippen LogP contribution in [0, 0.1) is 22.7 Å². The van der Waals surface area contributed by atoms with E-state index in [4.69, 9.17) is 4.98 Å². The quantitative estimate of drug-likeness (QED) is 0.183. The maximum atomic E-state index is 10.1. The second kappa shape index (κ2) is 9.77. The van der Waals surface area contributed by atoms with Gasteiger partial charge in [0.05, 0.1) is 33.1 Å². The lowest BCUT2D eigenvalue weighted by molar-refractivity contribution is 1.18. The van der Waals surface area contributed by atoms with Crippen LogP contribution in [0.2, 0.25) is 0 Å². The van der Waals surface area contributed by atoms with E-state index in [9.17, 15) is 10.5 Å². The van der Waals surface area contributed by atoms with Crippen molar-refractivity contribution in [2.45, 2.75) is 0 Å². The number of hydrogen-bond acceptors (Lipinski definition) is 3. The lowest BCUT2D eigenvalue weighted by Gasteiger charge is -2.14. The number of fused-ring (bicyclic) bond motifs is 12. The first-order valence-corrected chi connectivity index (χ1v) is 15.8. The highest BCUT2D eigenvalue weighted by Gasteiger charge is 2.21. The molecular weight excluding hydrogens is 587 g/mol. The molecule has 3 heterocycles. The van der Waals surface area contributed by atoms with Crippen molar-refractivity contribution in [3.05, 3.63) is 151 Å². The van der Waals surface area contributed by atoms with Crippen molar-refractivity contribution in [2.24, 2.45) is 0 Å². The Kier molecular flexibility index (Phi) is 5.35. The van der Waals surface area contributed by atoms with Crippen LogP contribution in [0.1, 0.15) is 11.3 Å². The third-order valence-corrected chi connectivity index (χ3v) is 9.74. The van der Waals surface area contributed by atoms with Crippen molar-refractivity contribution in [3.63, 3.8) is 0 Å². The van der Waals surface area contributed by atoms with Gasteiger partial charge in [0.2, 0.25) is 0 Å². The highest BCUT2D eigenvalue weighted by atomic mass is 15.0. The Morgan fingerprint density at radius 1 is 0.396 bits per heavy atom. The largest absolute Gasteiger partial charge is 0.309 e. The fraction of sp³-hybridized carbons (Fsp3) is 0. The summed E-state index contributed by atoms with van der Waals surface area (Å²) in [5.41, 5.74) is 7.63. The van der Waals surface area contributed by atoms with Gasteiger partial charge in [-0.3, -0.25) is 0 Å². The summed E-state index contributed by atoms with van der Waals surface area (Å²) >= 11 is 0. The van der Waals surface area contributed by atoms with Crippen LogP contribution >= 0.6 is 0 Å². The van der Waals surface area contributed by atoms with E-state index in [2.05, 4.69) is 143 Å². The fourth-order valence-electron chi connectivity index (χ4n) is 7.70. The zero-order valence-corrected chi connectivity index (χ0v) is 25.5. The smallest absolute Gasteiger partial charge is 0.158 e. The molecule has 0 aliphatic rings. The third-order valence-electron chi connectivity index (χ3n) is 9.74. The van der Waals surface area contributed by atoms with Crippen molar-refractivity contribution >= 4 is 76.1 Å². The normalized spacial score (nSPS) is 11.7. The summed E-state index contributed by atoms with van der Waals surface area (Å²) in [4.78, 5) is 4.91. The minimum absolute atomic E-state index is 0.133. The van der Waals surface area contributed by atoms with Gasteiger partial charge in [-0.25, -0.2) is 4.98 Å². The van der Waals surface area contributed by atoms with E-state index in [0.717, 1.165) is 71.1 Å². The lowest BCUT2D eigenvalue weighted by atomic mass is 9.93. The lowest BCUT2D eigenvalue weighted by Crippen LogP contribution is -1.96. The van der Waals surface area contributed by atoms with Gasteiger partial charge >= 0.3 is 0 Å². The van der Waals surface area contributed by atoms with E-state index in [1.807, 2.05) is 18.2 Å². The molecule has 0 fully saturated rings. The molecule has 0 saturated heterocycles. The molecule has 10 rings (SSSR count). The summed E-state index contributed by atoms with van der Waals surface area (Å²) in [5, 5.41) is 29.7. The molecule has 0 spiro atoms.